The first-order valence-corrected chi connectivity index (χ1v) is 9.75. The van der Waals surface area contributed by atoms with Crippen LogP contribution in [0.2, 0.25) is 0 Å². The predicted octanol–water partition coefficient (Wildman–Crippen LogP) is 1.85. The number of pyridine rings is 1. The van der Waals surface area contributed by atoms with Crippen molar-refractivity contribution < 1.29 is 4.79 Å². The lowest BCUT2D eigenvalue weighted by molar-refractivity contribution is -0.121. The monoisotopic (exact) mass is 486 g/mol. The maximum atomic E-state index is 11.7. The molecular weight excluding hydrogens is 455 g/mol. The third kappa shape index (κ3) is 7.15. The van der Waals surface area contributed by atoms with Gasteiger partial charge in [0.05, 0.1) is 0 Å². The average Bonchev–Trinajstić information content (AvgIpc) is 3.49. The van der Waals surface area contributed by atoms with E-state index >= 15 is 0 Å². The lowest BCUT2D eigenvalue weighted by Gasteiger charge is -2.37. The zero-order valence-electron chi connectivity index (χ0n) is 16.1. The first-order valence-electron chi connectivity index (χ1n) is 9.75. The van der Waals surface area contributed by atoms with Gasteiger partial charge < -0.3 is 20.4 Å². The summed E-state index contributed by atoms with van der Waals surface area (Å²) in [6.45, 7) is 7.33. The van der Waals surface area contributed by atoms with Crippen molar-refractivity contribution >= 4 is 41.7 Å². The molecule has 2 fully saturated rings. The van der Waals surface area contributed by atoms with Gasteiger partial charge in [-0.15, -0.1) is 24.0 Å². The molecule has 3 rings (SSSR count). The van der Waals surface area contributed by atoms with Crippen molar-refractivity contribution in [1.29, 1.82) is 0 Å². The van der Waals surface area contributed by atoms with Crippen LogP contribution in [0.1, 0.15) is 32.6 Å². The highest BCUT2D eigenvalue weighted by Gasteiger charge is 2.23. The van der Waals surface area contributed by atoms with Crippen LogP contribution < -0.4 is 15.5 Å². The highest BCUT2D eigenvalue weighted by Crippen LogP contribution is 2.18. The number of amides is 1. The van der Waals surface area contributed by atoms with Crippen LogP contribution >= 0.6 is 24.0 Å². The Hall–Kier alpha value is -1.58. The van der Waals surface area contributed by atoms with Gasteiger partial charge in [0.15, 0.2) is 5.96 Å². The molecule has 1 aromatic rings. The third-order valence-electron chi connectivity index (χ3n) is 4.65. The average molecular weight is 486 g/mol. The van der Waals surface area contributed by atoms with E-state index in [-0.39, 0.29) is 29.9 Å². The molecular formula is C19H31IN6O. The molecule has 0 unspecified atom stereocenters. The van der Waals surface area contributed by atoms with Crippen LogP contribution in [0.25, 0.3) is 0 Å². The number of anilines is 1. The summed E-state index contributed by atoms with van der Waals surface area (Å²) >= 11 is 0. The quantitative estimate of drug-likeness (QED) is 0.267. The van der Waals surface area contributed by atoms with Crippen LogP contribution in [-0.4, -0.2) is 67.1 Å². The molecule has 1 aliphatic heterocycles. The Bertz CT molecular complexity index is 599. The maximum Gasteiger partial charge on any atom is 0.220 e. The van der Waals surface area contributed by atoms with E-state index < -0.39 is 0 Å². The highest BCUT2D eigenvalue weighted by molar-refractivity contribution is 14.0. The molecule has 7 nitrogen and oxygen atoms in total. The Kier molecular flexibility index (Phi) is 9.09. The molecule has 0 spiro atoms. The second kappa shape index (κ2) is 11.3. The number of hydrogen-bond acceptors (Lipinski definition) is 4. The summed E-state index contributed by atoms with van der Waals surface area (Å²) in [5.74, 6) is 2.16. The number of piperazine rings is 1. The van der Waals surface area contributed by atoms with Crippen LogP contribution in [0.15, 0.2) is 29.4 Å². The SMILES string of the molecule is CCNC(=NCCCC(=O)NC1CC1)N1CCN(c2ccccn2)CC1.I. The molecule has 0 radical (unpaired) electrons. The van der Waals surface area contributed by atoms with E-state index in [1.54, 1.807) is 0 Å². The number of carbonyl (C=O) groups is 1. The van der Waals surface area contributed by atoms with E-state index in [1.165, 1.54) is 0 Å². The Morgan fingerprint density at radius 2 is 2.04 bits per heavy atom. The van der Waals surface area contributed by atoms with Crippen molar-refractivity contribution in [2.45, 2.75) is 38.6 Å². The van der Waals surface area contributed by atoms with Gasteiger partial charge in [0.1, 0.15) is 5.82 Å². The van der Waals surface area contributed by atoms with E-state index in [9.17, 15) is 4.79 Å². The van der Waals surface area contributed by atoms with Crippen LogP contribution in [0.4, 0.5) is 5.82 Å². The zero-order chi connectivity index (χ0) is 18.2. The highest BCUT2D eigenvalue weighted by atomic mass is 127. The molecule has 1 saturated carbocycles. The standard InChI is InChI=1S/C19H30N6O.HI/c1-2-20-19(22-11-5-7-18(26)23-16-8-9-16)25-14-12-24(13-15-25)17-6-3-4-10-21-17;/h3-4,6,10,16H,2,5,7-9,11-15H2,1H3,(H,20,22)(H,23,26);1H. The van der Waals surface area contributed by atoms with Crippen LogP contribution in [0, 0.1) is 0 Å². The summed E-state index contributed by atoms with van der Waals surface area (Å²) in [4.78, 5) is 25.5. The van der Waals surface area contributed by atoms with Gasteiger partial charge in [-0.25, -0.2) is 4.98 Å². The first-order chi connectivity index (χ1) is 12.8. The van der Waals surface area contributed by atoms with Gasteiger partial charge in [0, 0.05) is 57.9 Å². The molecule has 1 aromatic heterocycles. The van der Waals surface area contributed by atoms with Crippen molar-refractivity contribution in [3.63, 3.8) is 0 Å². The number of carbonyl (C=O) groups excluding carboxylic acids is 1. The van der Waals surface area contributed by atoms with Crippen molar-refractivity contribution in [3.8, 4) is 0 Å². The van der Waals surface area contributed by atoms with Gasteiger partial charge in [0.25, 0.3) is 0 Å². The summed E-state index contributed by atoms with van der Waals surface area (Å²) in [7, 11) is 0. The Balaban J connectivity index is 0.00000261. The van der Waals surface area contributed by atoms with E-state index in [4.69, 9.17) is 4.99 Å². The lowest BCUT2D eigenvalue weighted by Crippen LogP contribution is -2.52. The normalized spacial score (nSPS) is 17.3. The minimum atomic E-state index is 0. The number of halogens is 1. The molecule has 1 aliphatic carbocycles. The van der Waals surface area contributed by atoms with Crippen LogP contribution in [0.3, 0.4) is 0 Å². The fourth-order valence-corrected chi connectivity index (χ4v) is 3.07. The molecule has 0 atom stereocenters. The Morgan fingerprint density at radius 3 is 2.67 bits per heavy atom. The fraction of sp³-hybridized carbons (Fsp3) is 0.632. The predicted molar refractivity (Wildman–Crippen MR) is 120 cm³/mol. The van der Waals surface area contributed by atoms with Gasteiger partial charge in [-0.05, 0) is 38.3 Å². The Morgan fingerprint density at radius 1 is 1.26 bits per heavy atom. The van der Waals surface area contributed by atoms with Gasteiger partial charge in [0.2, 0.25) is 5.91 Å². The topological polar surface area (TPSA) is 72.9 Å². The summed E-state index contributed by atoms with van der Waals surface area (Å²) in [6, 6.07) is 6.47. The number of aliphatic imine (C=N–C) groups is 1. The summed E-state index contributed by atoms with van der Waals surface area (Å²) in [6.07, 6.45) is 5.47. The number of nitrogens with one attached hydrogen (secondary N) is 2. The van der Waals surface area contributed by atoms with Crippen molar-refractivity contribution in [2.75, 3.05) is 44.2 Å². The van der Waals surface area contributed by atoms with E-state index in [2.05, 4.69) is 38.4 Å². The number of hydrogen-bond donors (Lipinski definition) is 2. The van der Waals surface area contributed by atoms with Crippen LogP contribution in [0.5, 0.6) is 0 Å². The maximum absolute atomic E-state index is 11.7. The van der Waals surface area contributed by atoms with Gasteiger partial charge in [-0.3, -0.25) is 9.79 Å². The summed E-state index contributed by atoms with van der Waals surface area (Å²) in [5.41, 5.74) is 0. The molecule has 150 valence electrons. The van der Waals surface area contributed by atoms with Crippen molar-refractivity contribution in [1.82, 2.24) is 20.5 Å². The number of nitrogens with zero attached hydrogens (tertiary/aromatic N) is 4. The van der Waals surface area contributed by atoms with Crippen molar-refractivity contribution in [2.24, 2.45) is 4.99 Å². The lowest BCUT2D eigenvalue weighted by atomic mass is 10.3. The first kappa shape index (κ1) is 21.7. The van der Waals surface area contributed by atoms with Gasteiger partial charge in [-0.2, -0.15) is 0 Å². The van der Waals surface area contributed by atoms with E-state index in [0.717, 1.165) is 63.8 Å². The molecule has 2 N–H and O–H groups in total. The second-order valence-electron chi connectivity index (χ2n) is 6.84. The fourth-order valence-electron chi connectivity index (χ4n) is 3.07. The van der Waals surface area contributed by atoms with Gasteiger partial charge >= 0.3 is 0 Å². The molecule has 0 bridgehead atoms. The smallest absolute Gasteiger partial charge is 0.220 e. The van der Waals surface area contributed by atoms with Gasteiger partial charge in [-0.1, -0.05) is 6.07 Å². The number of aromatic nitrogens is 1. The van der Waals surface area contributed by atoms with Crippen LogP contribution in [-0.2, 0) is 4.79 Å². The van der Waals surface area contributed by atoms with Crippen molar-refractivity contribution in [3.05, 3.63) is 24.4 Å². The number of rotatable bonds is 7. The summed E-state index contributed by atoms with van der Waals surface area (Å²) in [5, 5.41) is 6.40. The molecule has 2 aliphatic rings. The minimum absolute atomic E-state index is 0. The Labute approximate surface area is 179 Å². The second-order valence-corrected chi connectivity index (χ2v) is 6.84. The minimum Gasteiger partial charge on any atom is -0.357 e. The molecule has 1 amide bonds. The molecule has 8 heteroatoms. The number of guanidine groups is 1. The molecule has 27 heavy (non-hydrogen) atoms. The largest absolute Gasteiger partial charge is 0.357 e. The molecule has 1 saturated heterocycles. The van der Waals surface area contributed by atoms with E-state index in [1.807, 2.05) is 18.3 Å². The summed E-state index contributed by atoms with van der Waals surface area (Å²) < 4.78 is 0. The zero-order valence-corrected chi connectivity index (χ0v) is 18.4. The molecule has 0 aromatic carbocycles. The van der Waals surface area contributed by atoms with E-state index in [0.29, 0.717) is 19.0 Å². The third-order valence-corrected chi connectivity index (χ3v) is 4.65. The molecule has 2 heterocycles.